The van der Waals surface area contributed by atoms with E-state index >= 15 is 0 Å². The zero-order chi connectivity index (χ0) is 58.5. The first-order valence-electron chi connectivity index (χ1n) is 26.1. The average Bonchev–Trinajstić information content (AvgIpc) is 3.42. The summed E-state index contributed by atoms with van der Waals surface area (Å²) in [5.41, 5.74) is 2.74. The maximum Gasteiger partial charge on any atom is 0.327 e. The Morgan fingerprint density at radius 1 is 0.696 bits per heavy atom. The van der Waals surface area contributed by atoms with Gasteiger partial charge in [-0.3, -0.25) is 33.6 Å². The van der Waals surface area contributed by atoms with Gasteiger partial charge in [0.2, 0.25) is 35.4 Å². The molecule has 10 atom stereocenters. The summed E-state index contributed by atoms with van der Waals surface area (Å²) in [6, 6.07) is 13.1. The number of phenols is 2. The Morgan fingerprint density at radius 3 is 1.84 bits per heavy atom. The number of nitrogens with one attached hydrogen (secondary N) is 6. The molecule has 4 rings (SSSR count). The number of aromatic hydroxyl groups is 2. The van der Waals surface area contributed by atoms with Gasteiger partial charge in [-0.1, -0.05) is 106 Å². The van der Waals surface area contributed by atoms with Gasteiger partial charge in [0.15, 0.2) is 0 Å². The third kappa shape index (κ3) is 19.9. The quantitative estimate of drug-likeness (QED) is 0.0725. The second-order valence-corrected chi connectivity index (χ2v) is 19.9. The normalized spacial score (nSPS) is 23.9. The Hall–Kier alpha value is -8.33. The molecule has 1 heterocycles. The van der Waals surface area contributed by atoms with Crippen LogP contribution in [0, 0.1) is 17.8 Å². The molecule has 0 spiro atoms. The summed E-state index contributed by atoms with van der Waals surface area (Å²) in [6.45, 7) is 11.4. The predicted octanol–water partition coefficient (Wildman–Crippen LogP) is 3.59. The van der Waals surface area contributed by atoms with E-state index in [0.717, 1.165) is 16.0 Å². The maximum atomic E-state index is 14.7. The maximum absolute atomic E-state index is 14.7. The molecule has 0 radical (unpaired) electrons. The van der Waals surface area contributed by atoms with Crippen LogP contribution in [0.3, 0.4) is 0 Å². The van der Waals surface area contributed by atoms with Gasteiger partial charge in [0.1, 0.15) is 47.4 Å². The molecule has 10 unspecified atom stereocenters. The summed E-state index contributed by atoms with van der Waals surface area (Å²) in [5, 5.41) is 55.7. The number of hydrogen-bond donors (Lipinski definition) is 10. The molecule has 7 amide bonds. The average molecular weight is 1090 g/mol. The van der Waals surface area contributed by atoms with Gasteiger partial charge < -0.3 is 62.0 Å². The molecule has 1 aliphatic heterocycles. The number of benzene rings is 3. The van der Waals surface area contributed by atoms with E-state index < -0.39 is 120 Å². The Labute approximate surface area is 460 Å². The molecule has 0 aliphatic carbocycles. The number of methoxy groups -OCH3 is 1. The molecule has 10 N–H and O–H groups in total. The third-order valence-electron chi connectivity index (χ3n) is 13.9. The van der Waals surface area contributed by atoms with Crippen LogP contribution in [-0.2, 0) is 67.2 Å². The number of carboxylic acids is 2. The Balaban J connectivity index is 1.78. The van der Waals surface area contributed by atoms with Crippen LogP contribution in [0.25, 0.3) is 0 Å². The lowest BCUT2D eigenvalue weighted by Gasteiger charge is -2.28. The third-order valence-corrected chi connectivity index (χ3v) is 13.9. The highest BCUT2D eigenvalue weighted by atomic mass is 16.5. The van der Waals surface area contributed by atoms with Crippen LogP contribution < -0.4 is 31.9 Å². The minimum Gasteiger partial charge on any atom is -0.508 e. The van der Waals surface area contributed by atoms with Crippen molar-refractivity contribution in [2.75, 3.05) is 14.2 Å². The van der Waals surface area contributed by atoms with Gasteiger partial charge in [-0.05, 0) is 99.7 Å². The standard InChI is InChI=1S/C58H75N7O14/c1-33(31-34(2)48(79-8)32-41-13-10-9-11-14-41)17-27-44-35(3)51(69)63-47(57(75)76)29-30-49(68)65(7)38(6)54(72)59-37(5)53(71)62-46(28-22-40-20-25-43(67)26-21-40)56(74)64-50(58(77)78)36(4)52(70)61-45(55(73)60-44)16-12-15-39-18-23-42(66)24-19-39/h9-11,13-14,17-21,23-27,31,34-37,44-48,50,66-67H,6,12,15-16,22,28-30,32H2,1-5,7-8H3,(H,59,72)(H,60,73)(H,61,70)(H,62,71)(H,63,69)(H,64,74)(H,75,76)(H,77,78). The fraction of sp³-hybridized carbons (Fsp3) is 0.431. The van der Waals surface area contributed by atoms with Crippen molar-refractivity contribution >= 4 is 53.3 Å². The number of allylic oxidation sites excluding steroid dienone is 2. The predicted molar refractivity (Wildman–Crippen MR) is 292 cm³/mol. The van der Waals surface area contributed by atoms with Crippen LogP contribution in [0.15, 0.2) is 115 Å². The zero-order valence-corrected chi connectivity index (χ0v) is 45.7. The first kappa shape index (κ1) is 63.2. The van der Waals surface area contributed by atoms with E-state index in [9.17, 15) is 63.6 Å². The fourth-order valence-corrected chi connectivity index (χ4v) is 8.67. The van der Waals surface area contributed by atoms with E-state index in [4.69, 9.17) is 4.74 Å². The Morgan fingerprint density at radius 2 is 1.25 bits per heavy atom. The monoisotopic (exact) mass is 1090 g/mol. The second kappa shape index (κ2) is 30.6. The number of nitrogens with zero attached hydrogens (tertiary/aromatic N) is 1. The number of carbonyl (C=O) groups is 9. The smallest absolute Gasteiger partial charge is 0.327 e. The summed E-state index contributed by atoms with van der Waals surface area (Å²) in [4.78, 5) is 124. The molecule has 1 saturated heterocycles. The van der Waals surface area contributed by atoms with E-state index in [0.29, 0.717) is 24.0 Å². The van der Waals surface area contributed by atoms with Gasteiger partial charge in [0.05, 0.1) is 24.0 Å². The van der Waals surface area contributed by atoms with Crippen molar-refractivity contribution in [3.8, 4) is 11.5 Å². The molecule has 1 fully saturated rings. The molecule has 1 aliphatic rings. The molecule has 0 saturated carbocycles. The molecule has 21 nitrogen and oxygen atoms in total. The number of hydrogen-bond acceptors (Lipinski definition) is 12. The second-order valence-electron chi connectivity index (χ2n) is 19.9. The van der Waals surface area contributed by atoms with E-state index in [1.807, 2.05) is 43.3 Å². The van der Waals surface area contributed by atoms with Crippen LogP contribution in [-0.4, -0.2) is 135 Å². The van der Waals surface area contributed by atoms with Crippen molar-refractivity contribution < 1.29 is 68.3 Å². The van der Waals surface area contributed by atoms with Crippen LogP contribution in [0.2, 0.25) is 0 Å². The van der Waals surface area contributed by atoms with Crippen LogP contribution >= 0.6 is 0 Å². The zero-order valence-electron chi connectivity index (χ0n) is 45.7. The molecule has 0 bridgehead atoms. The van der Waals surface area contributed by atoms with Crippen LogP contribution in [0.4, 0.5) is 0 Å². The molecular formula is C58H75N7O14. The molecular weight excluding hydrogens is 1020 g/mol. The molecule has 3 aromatic rings. The number of aliphatic carboxylic acids is 2. The minimum atomic E-state index is -1.94. The van der Waals surface area contributed by atoms with Gasteiger partial charge in [-0.25, -0.2) is 9.59 Å². The van der Waals surface area contributed by atoms with Gasteiger partial charge in [0, 0.05) is 26.5 Å². The number of aryl methyl sites for hydroxylation is 2. The Bertz CT molecular complexity index is 2700. The first-order chi connectivity index (χ1) is 37.4. The lowest BCUT2D eigenvalue weighted by molar-refractivity contribution is -0.146. The summed E-state index contributed by atoms with van der Waals surface area (Å²) >= 11 is 0. The minimum absolute atomic E-state index is 0.0280. The van der Waals surface area contributed by atoms with Crippen molar-refractivity contribution in [1.29, 1.82) is 0 Å². The van der Waals surface area contributed by atoms with Gasteiger partial charge >= 0.3 is 11.9 Å². The number of rotatable bonds is 16. The first-order valence-corrected chi connectivity index (χ1v) is 26.1. The van der Waals surface area contributed by atoms with Gasteiger partial charge in [0.25, 0.3) is 5.91 Å². The van der Waals surface area contributed by atoms with Gasteiger partial charge in [-0.15, -0.1) is 0 Å². The summed E-state index contributed by atoms with van der Waals surface area (Å²) in [5.74, 6) is -12.3. The van der Waals surface area contributed by atoms with E-state index in [-0.39, 0.29) is 49.2 Å². The van der Waals surface area contributed by atoms with Crippen molar-refractivity contribution in [2.24, 2.45) is 17.8 Å². The number of ether oxygens (including phenoxy) is 1. The van der Waals surface area contributed by atoms with E-state index in [1.54, 1.807) is 50.5 Å². The highest BCUT2D eigenvalue weighted by Crippen LogP contribution is 2.20. The number of phenolic OH excluding ortho intramolecular Hbond substituents is 2. The van der Waals surface area contributed by atoms with E-state index in [1.165, 1.54) is 52.1 Å². The highest BCUT2D eigenvalue weighted by Gasteiger charge is 2.37. The van der Waals surface area contributed by atoms with Crippen molar-refractivity contribution in [3.05, 3.63) is 132 Å². The number of carbonyl (C=O) groups excluding carboxylic acids is 7. The van der Waals surface area contributed by atoms with Crippen molar-refractivity contribution in [2.45, 2.75) is 128 Å². The SMILES string of the molecule is C=C1C(=O)NC(C)C(=O)NC(CCc2ccc(O)cc2)C(=O)NC(C(=O)O)C(C)C(=O)NC(CCCc2ccc(O)cc2)C(=O)NC(C=CC(C)=CC(C)C(Cc2ccccc2)OC)C(C)C(=O)NC(C(=O)O)CCC(=O)N1C. The topological polar surface area (TPSA) is 319 Å². The molecule has 426 valence electrons. The Kier molecular flexibility index (Phi) is 24.5. The largest absolute Gasteiger partial charge is 0.508 e. The number of carboxylic acid groups (broad SMARTS) is 2. The highest BCUT2D eigenvalue weighted by molar-refractivity contribution is 6.00. The lowest BCUT2D eigenvalue weighted by Crippen LogP contribution is -2.59. The summed E-state index contributed by atoms with van der Waals surface area (Å²) < 4.78 is 5.84. The molecule has 79 heavy (non-hydrogen) atoms. The summed E-state index contributed by atoms with van der Waals surface area (Å²) in [7, 11) is 2.82. The number of amides is 7. The lowest BCUT2D eigenvalue weighted by atomic mass is 9.94. The van der Waals surface area contributed by atoms with Crippen LogP contribution in [0.5, 0.6) is 11.5 Å². The van der Waals surface area contributed by atoms with Crippen molar-refractivity contribution in [1.82, 2.24) is 36.8 Å². The number of likely N-dealkylation sites (N-methyl/N-ethyl adjacent to an activating group) is 1. The van der Waals surface area contributed by atoms with Crippen LogP contribution in [0.1, 0.15) is 83.4 Å². The van der Waals surface area contributed by atoms with Crippen molar-refractivity contribution in [3.63, 3.8) is 0 Å². The molecule has 3 aromatic carbocycles. The fourth-order valence-electron chi connectivity index (χ4n) is 8.67. The summed E-state index contributed by atoms with van der Waals surface area (Å²) in [6.07, 6.45) is 5.17. The molecule has 0 aromatic heterocycles. The van der Waals surface area contributed by atoms with Gasteiger partial charge in [-0.2, -0.15) is 0 Å². The van der Waals surface area contributed by atoms with E-state index in [2.05, 4.69) is 38.5 Å². The molecule has 21 heteroatoms.